The maximum atomic E-state index is 6.00. The van der Waals surface area contributed by atoms with Crippen LogP contribution in [0, 0.1) is 0 Å². The van der Waals surface area contributed by atoms with Gasteiger partial charge in [0, 0.05) is 37.2 Å². The van der Waals surface area contributed by atoms with Crippen molar-refractivity contribution in [1.82, 2.24) is 4.90 Å². The molecule has 2 aromatic rings. The van der Waals surface area contributed by atoms with Crippen LogP contribution in [-0.2, 0) is 0 Å². The zero-order chi connectivity index (χ0) is 19.5. The Kier molecular flexibility index (Phi) is 6.70. The number of anilines is 1. The van der Waals surface area contributed by atoms with Gasteiger partial charge in [-0.3, -0.25) is 4.90 Å². The van der Waals surface area contributed by atoms with Crippen molar-refractivity contribution in [3.63, 3.8) is 0 Å². The lowest BCUT2D eigenvalue weighted by molar-refractivity contribution is 0.170. The van der Waals surface area contributed by atoms with Crippen LogP contribution in [0.2, 0.25) is 0 Å². The highest BCUT2D eigenvalue weighted by molar-refractivity contribution is 9.11. The predicted molar refractivity (Wildman–Crippen MR) is 121 cm³/mol. The van der Waals surface area contributed by atoms with Crippen LogP contribution in [0.4, 0.5) is 5.69 Å². The second-order valence-electron chi connectivity index (χ2n) is 6.68. The highest BCUT2D eigenvalue weighted by Crippen LogP contribution is 2.40. The Hall–Kier alpha value is -0.960. The van der Waals surface area contributed by atoms with Crippen molar-refractivity contribution in [2.45, 2.75) is 0 Å². The summed E-state index contributed by atoms with van der Waals surface area (Å²) in [7, 11) is 0. The van der Waals surface area contributed by atoms with Crippen LogP contribution in [0.15, 0.2) is 43.7 Å². The van der Waals surface area contributed by atoms with Gasteiger partial charge in [0.05, 0.1) is 14.6 Å². The first kappa shape index (κ1) is 20.3. The Morgan fingerprint density at radius 1 is 0.929 bits per heavy atom. The van der Waals surface area contributed by atoms with Gasteiger partial charge in [-0.1, -0.05) is 22.0 Å². The average Bonchev–Trinajstić information content (AvgIpc) is 2.70. The van der Waals surface area contributed by atoms with Crippen LogP contribution < -0.4 is 19.1 Å². The van der Waals surface area contributed by atoms with E-state index in [2.05, 4.69) is 63.7 Å². The van der Waals surface area contributed by atoms with Crippen LogP contribution in [0.5, 0.6) is 17.2 Å². The maximum absolute atomic E-state index is 6.00. The molecule has 0 aliphatic carbocycles. The maximum Gasteiger partial charge on any atom is 0.184 e. The molecule has 0 N–H and O–H groups in total. The minimum absolute atomic E-state index is 0.614. The third-order valence-electron chi connectivity index (χ3n) is 4.88. The molecule has 1 fully saturated rings. The number of halogens is 3. The van der Waals surface area contributed by atoms with Gasteiger partial charge < -0.3 is 19.1 Å². The highest BCUT2D eigenvalue weighted by Gasteiger charge is 2.23. The van der Waals surface area contributed by atoms with Gasteiger partial charge in [0.1, 0.15) is 25.6 Å². The van der Waals surface area contributed by atoms with E-state index in [1.165, 1.54) is 0 Å². The summed E-state index contributed by atoms with van der Waals surface area (Å²) >= 11 is 10.6. The zero-order valence-electron chi connectivity index (χ0n) is 15.3. The van der Waals surface area contributed by atoms with Gasteiger partial charge >= 0.3 is 0 Å². The Morgan fingerprint density at radius 3 is 2.39 bits per heavy atom. The Bertz CT molecular complexity index is 818. The summed E-state index contributed by atoms with van der Waals surface area (Å²) in [4.78, 5) is 4.82. The van der Waals surface area contributed by atoms with E-state index in [-0.39, 0.29) is 0 Å². The SMILES string of the molecule is Brc1cc(Br)c(OCCN2CCN(c3cccc4c3OCCO4)CC2)c(Br)c1. The Labute approximate surface area is 190 Å². The number of hydrogen-bond acceptors (Lipinski definition) is 5. The quantitative estimate of drug-likeness (QED) is 0.503. The molecule has 0 amide bonds. The summed E-state index contributed by atoms with van der Waals surface area (Å²) in [5.41, 5.74) is 1.14. The summed E-state index contributed by atoms with van der Waals surface area (Å²) in [6.45, 7) is 6.70. The largest absolute Gasteiger partial charge is 0.490 e. The summed E-state index contributed by atoms with van der Waals surface area (Å²) in [5, 5.41) is 0. The van der Waals surface area contributed by atoms with Crippen molar-refractivity contribution in [3.8, 4) is 17.2 Å². The van der Waals surface area contributed by atoms with Crippen molar-refractivity contribution in [2.24, 2.45) is 0 Å². The van der Waals surface area contributed by atoms with Crippen LogP contribution >= 0.6 is 47.8 Å². The van der Waals surface area contributed by atoms with Crippen molar-refractivity contribution < 1.29 is 14.2 Å². The number of fused-ring (bicyclic) bond motifs is 1. The van der Waals surface area contributed by atoms with Crippen LogP contribution in [0.25, 0.3) is 0 Å². The van der Waals surface area contributed by atoms with E-state index in [0.29, 0.717) is 19.8 Å². The number of ether oxygens (including phenoxy) is 3. The monoisotopic (exact) mass is 574 g/mol. The number of rotatable bonds is 5. The lowest BCUT2D eigenvalue weighted by Gasteiger charge is -2.37. The van der Waals surface area contributed by atoms with Crippen molar-refractivity contribution in [2.75, 3.05) is 57.4 Å². The molecule has 0 bridgehead atoms. The van der Waals surface area contributed by atoms with Crippen molar-refractivity contribution >= 4 is 53.5 Å². The third kappa shape index (κ3) is 4.61. The van der Waals surface area contributed by atoms with Gasteiger partial charge in [0.25, 0.3) is 0 Å². The van der Waals surface area contributed by atoms with E-state index in [1.807, 2.05) is 24.3 Å². The predicted octanol–water partition coefficient (Wildman–Crippen LogP) is 4.95. The fourth-order valence-electron chi connectivity index (χ4n) is 3.46. The molecular weight excluding hydrogens is 556 g/mol. The molecule has 5 nitrogen and oxygen atoms in total. The molecule has 28 heavy (non-hydrogen) atoms. The molecule has 1 saturated heterocycles. The molecule has 0 saturated carbocycles. The van der Waals surface area contributed by atoms with Crippen LogP contribution in [0.3, 0.4) is 0 Å². The molecule has 0 radical (unpaired) electrons. The molecule has 4 rings (SSSR count). The second kappa shape index (κ2) is 9.24. The highest BCUT2D eigenvalue weighted by atomic mass is 79.9. The first-order valence-corrected chi connectivity index (χ1v) is 11.6. The lowest BCUT2D eigenvalue weighted by atomic mass is 10.2. The summed E-state index contributed by atoms with van der Waals surface area (Å²) < 4.78 is 20.5. The summed E-state index contributed by atoms with van der Waals surface area (Å²) in [5.74, 6) is 2.58. The average molecular weight is 577 g/mol. The van der Waals surface area contributed by atoms with Gasteiger partial charge in [-0.2, -0.15) is 0 Å². The second-order valence-corrected chi connectivity index (χ2v) is 9.30. The number of para-hydroxylation sites is 1. The zero-order valence-corrected chi connectivity index (χ0v) is 20.1. The summed E-state index contributed by atoms with van der Waals surface area (Å²) in [6.07, 6.45) is 0. The van der Waals surface area contributed by atoms with Crippen molar-refractivity contribution in [1.29, 1.82) is 0 Å². The van der Waals surface area contributed by atoms with E-state index in [4.69, 9.17) is 14.2 Å². The number of piperazine rings is 1. The molecule has 0 aromatic heterocycles. The van der Waals surface area contributed by atoms with Gasteiger partial charge in [-0.05, 0) is 56.1 Å². The van der Waals surface area contributed by atoms with E-state index in [9.17, 15) is 0 Å². The molecule has 2 heterocycles. The molecule has 0 atom stereocenters. The van der Waals surface area contributed by atoms with Crippen LogP contribution in [0.1, 0.15) is 0 Å². The minimum Gasteiger partial charge on any atom is -0.490 e. The first-order chi connectivity index (χ1) is 13.6. The lowest BCUT2D eigenvalue weighted by Crippen LogP contribution is -2.47. The van der Waals surface area contributed by atoms with E-state index in [0.717, 1.165) is 69.1 Å². The normalized spacial score (nSPS) is 16.9. The smallest absolute Gasteiger partial charge is 0.184 e. The van der Waals surface area contributed by atoms with Gasteiger partial charge in [-0.25, -0.2) is 0 Å². The fraction of sp³-hybridized carbons (Fsp3) is 0.400. The molecule has 150 valence electrons. The minimum atomic E-state index is 0.614. The van der Waals surface area contributed by atoms with Crippen molar-refractivity contribution in [3.05, 3.63) is 43.7 Å². The number of nitrogens with zero attached hydrogens (tertiary/aromatic N) is 2. The third-order valence-corrected chi connectivity index (χ3v) is 6.51. The van der Waals surface area contributed by atoms with E-state index in [1.54, 1.807) is 0 Å². The molecule has 8 heteroatoms. The molecule has 0 unspecified atom stereocenters. The molecule has 0 spiro atoms. The fourth-order valence-corrected chi connectivity index (χ4v) is 5.95. The Balaban J connectivity index is 1.30. The Morgan fingerprint density at radius 2 is 1.64 bits per heavy atom. The standard InChI is InChI=1S/C20H21Br3N2O3/c21-14-12-15(22)19(16(23)13-14)27-9-8-24-4-6-25(7-5-24)17-2-1-3-18-20(17)28-11-10-26-18/h1-3,12-13H,4-11H2. The molecule has 2 aliphatic rings. The van der Waals surface area contributed by atoms with Gasteiger partial charge in [0.15, 0.2) is 11.5 Å². The molecule has 2 aliphatic heterocycles. The topological polar surface area (TPSA) is 34.2 Å². The van der Waals surface area contributed by atoms with E-state index < -0.39 is 0 Å². The van der Waals surface area contributed by atoms with Crippen LogP contribution in [-0.4, -0.2) is 57.4 Å². The van der Waals surface area contributed by atoms with Gasteiger partial charge in [0.2, 0.25) is 0 Å². The van der Waals surface area contributed by atoms with E-state index >= 15 is 0 Å². The number of hydrogen-bond donors (Lipinski definition) is 0. The first-order valence-electron chi connectivity index (χ1n) is 9.25. The van der Waals surface area contributed by atoms with Gasteiger partial charge in [-0.15, -0.1) is 0 Å². The summed E-state index contributed by atoms with van der Waals surface area (Å²) in [6, 6.07) is 10.1. The molecular formula is C20H21Br3N2O3. The molecule has 2 aromatic carbocycles. The number of benzene rings is 2.